The van der Waals surface area contributed by atoms with Crippen molar-refractivity contribution in [1.29, 1.82) is 0 Å². The van der Waals surface area contributed by atoms with Crippen LogP contribution in [0.3, 0.4) is 0 Å². The number of hydrogen-bond donors (Lipinski definition) is 0. The second-order valence-corrected chi connectivity index (χ2v) is 9.32. The first kappa shape index (κ1) is 22.3. The summed E-state index contributed by atoms with van der Waals surface area (Å²) in [7, 11) is 2.83. The van der Waals surface area contributed by atoms with Gasteiger partial charge in [-0.05, 0) is 0 Å². The van der Waals surface area contributed by atoms with Crippen molar-refractivity contribution < 1.29 is 49.2 Å². The van der Waals surface area contributed by atoms with Crippen molar-refractivity contribution in [2.24, 2.45) is 0 Å². The molecule has 1 aromatic heterocycles. The quantitative estimate of drug-likeness (QED) is 0.294. The molecule has 0 N–H and O–H groups in total. The van der Waals surface area contributed by atoms with Crippen LogP contribution >= 0.6 is 8.16 Å². The summed E-state index contributed by atoms with van der Waals surface area (Å²) in [6, 6.07) is 11.2. The third-order valence-corrected chi connectivity index (χ3v) is 7.08. The van der Waals surface area contributed by atoms with Crippen LogP contribution in [0.5, 0.6) is 0 Å². The Morgan fingerprint density at radius 2 is 1.18 bits per heavy atom. The van der Waals surface area contributed by atoms with Gasteiger partial charge in [0.05, 0.1) is 0 Å². The molecule has 0 amide bonds. The average molecular weight is 738 g/mol. The SMILES string of the molecule is CN(C)p1oc2[c-]cc3c(c2c2c4c(c[c-]c2o1)CCCC4)CCCC3.[Re].[Re]. The van der Waals surface area contributed by atoms with Gasteiger partial charge >= 0.3 is 8.16 Å². The van der Waals surface area contributed by atoms with Crippen LogP contribution < -0.4 is 4.67 Å². The summed E-state index contributed by atoms with van der Waals surface area (Å²) < 4.78 is 14.7. The first-order valence-electron chi connectivity index (χ1n) is 9.69. The first-order valence-corrected chi connectivity index (χ1v) is 10.8. The molecule has 1 heterocycles. The van der Waals surface area contributed by atoms with E-state index in [4.69, 9.17) is 8.39 Å². The standard InChI is InChI=1S/C22H24NO2P.2Re/c1-23(2)26-24-19-13-11-15-7-3-5-9-17(15)21(19)22-18-10-6-4-8-16(18)12-14-20(22)25-26;;/h11-12H,3-10H2,1-2H3;;/q-2;;. The molecule has 0 fully saturated rings. The van der Waals surface area contributed by atoms with Crippen molar-refractivity contribution in [3.8, 4) is 0 Å². The largest absolute Gasteiger partial charge is 0.436 e. The van der Waals surface area contributed by atoms with Crippen LogP contribution in [0.15, 0.2) is 20.5 Å². The summed E-state index contributed by atoms with van der Waals surface area (Å²) in [5.74, 6) is 0. The maximum atomic E-state index is 6.35. The summed E-state index contributed by atoms with van der Waals surface area (Å²) in [6.07, 6.45) is 9.59. The average Bonchev–Trinajstić information content (AvgIpc) is 2.85. The van der Waals surface area contributed by atoms with Gasteiger partial charge in [-0.15, -0.1) is 22.9 Å². The van der Waals surface area contributed by atoms with Gasteiger partial charge in [0.1, 0.15) is 0 Å². The third-order valence-electron chi connectivity index (χ3n) is 5.75. The van der Waals surface area contributed by atoms with E-state index in [-0.39, 0.29) is 40.8 Å². The van der Waals surface area contributed by atoms with Crippen molar-refractivity contribution in [3.05, 3.63) is 46.5 Å². The second kappa shape index (κ2) is 9.19. The van der Waals surface area contributed by atoms with E-state index in [1.54, 1.807) is 0 Å². The Hall–Kier alpha value is -0.375. The number of fused-ring (bicyclic) bond motifs is 7. The molecule has 3 aromatic rings. The molecule has 0 spiro atoms. The molecule has 0 aliphatic heterocycles. The fourth-order valence-electron chi connectivity index (χ4n) is 4.48. The van der Waals surface area contributed by atoms with Gasteiger partial charge in [-0.3, -0.25) is 0 Å². The van der Waals surface area contributed by atoms with Crippen LogP contribution in [0.4, 0.5) is 0 Å². The molecule has 0 atom stereocenters. The van der Waals surface area contributed by atoms with Crippen LogP contribution in [0.2, 0.25) is 0 Å². The Labute approximate surface area is 195 Å². The minimum absolute atomic E-state index is 0. The zero-order chi connectivity index (χ0) is 17.7. The minimum atomic E-state index is -1.19. The molecular formula is C22H24NO2PRe2-2. The molecule has 2 aliphatic rings. The molecule has 3 nitrogen and oxygen atoms in total. The zero-order valence-corrected chi connectivity index (χ0v) is 22.6. The molecule has 6 heteroatoms. The number of nitrogens with zero attached hydrogens (tertiary/aromatic N) is 1. The van der Waals surface area contributed by atoms with E-state index in [1.807, 2.05) is 18.8 Å². The molecule has 0 bridgehead atoms. The molecule has 28 heavy (non-hydrogen) atoms. The molecule has 5 rings (SSSR count). The molecule has 0 saturated heterocycles. The van der Waals surface area contributed by atoms with Crippen molar-refractivity contribution in [2.75, 3.05) is 18.8 Å². The van der Waals surface area contributed by atoms with Crippen LogP contribution in [-0.4, -0.2) is 14.1 Å². The molecule has 2 aliphatic carbocycles. The number of aryl methyl sites for hydroxylation is 4. The molecule has 0 unspecified atom stereocenters. The fourth-order valence-corrected chi connectivity index (χ4v) is 5.45. The van der Waals surface area contributed by atoms with E-state index in [2.05, 4.69) is 24.3 Å². The van der Waals surface area contributed by atoms with E-state index in [0.29, 0.717) is 0 Å². The van der Waals surface area contributed by atoms with Crippen molar-refractivity contribution in [3.63, 3.8) is 0 Å². The van der Waals surface area contributed by atoms with Crippen molar-refractivity contribution in [1.82, 2.24) is 0 Å². The number of rotatable bonds is 1. The van der Waals surface area contributed by atoms with Gasteiger partial charge in [0.25, 0.3) is 0 Å². The Balaban J connectivity index is 0.00000112. The summed E-state index contributed by atoms with van der Waals surface area (Å²) >= 11 is 0. The first-order chi connectivity index (χ1) is 12.7. The Kier molecular flexibility index (Phi) is 7.32. The molecule has 2 aromatic carbocycles. The predicted molar refractivity (Wildman–Crippen MR) is 107 cm³/mol. The fraction of sp³-hybridized carbons (Fsp3) is 0.455. The topological polar surface area (TPSA) is 29.5 Å². The van der Waals surface area contributed by atoms with Crippen LogP contribution in [0.25, 0.3) is 21.9 Å². The summed E-state index contributed by atoms with van der Waals surface area (Å²) in [5.41, 5.74) is 7.53. The van der Waals surface area contributed by atoms with E-state index in [1.165, 1.54) is 58.7 Å². The Bertz CT molecular complexity index is 968. The van der Waals surface area contributed by atoms with Gasteiger partial charge in [0.2, 0.25) is 0 Å². The predicted octanol–water partition coefficient (Wildman–Crippen LogP) is 5.84. The number of benzene rings is 2. The summed E-state index contributed by atoms with van der Waals surface area (Å²) in [6.45, 7) is 0. The zero-order valence-electron chi connectivity index (χ0n) is 16.3. The Morgan fingerprint density at radius 3 is 1.61 bits per heavy atom. The Morgan fingerprint density at radius 1 is 0.750 bits per heavy atom. The van der Waals surface area contributed by atoms with Gasteiger partial charge in [-0.1, -0.05) is 51.4 Å². The van der Waals surface area contributed by atoms with Crippen molar-refractivity contribution in [2.45, 2.75) is 51.4 Å². The van der Waals surface area contributed by atoms with Crippen LogP contribution in [-0.2, 0) is 66.5 Å². The molecule has 0 saturated carbocycles. The number of hydrogen-bond acceptors (Lipinski definition) is 3. The normalized spacial score (nSPS) is 15.5. The van der Waals surface area contributed by atoms with Gasteiger partial charge < -0.3 is 8.39 Å². The maximum Gasteiger partial charge on any atom is 0.304 e. The molecular weight excluding hydrogens is 714 g/mol. The van der Waals surface area contributed by atoms with E-state index < -0.39 is 8.16 Å². The van der Waals surface area contributed by atoms with Crippen molar-refractivity contribution >= 4 is 30.1 Å². The van der Waals surface area contributed by atoms with Gasteiger partial charge in [-0.25, -0.2) is 4.67 Å². The van der Waals surface area contributed by atoms with E-state index in [9.17, 15) is 0 Å². The summed E-state index contributed by atoms with van der Waals surface area (Å²) in [5, 5.41) is 2.50. The maximum absolute atomic E-state index is 6.35. The van der Waals surface area contributed by atoms with Crippen LogP contribution in [0, 0.1) is 12.1 Å². The minimum Gasteiger partial charge on any atom is -0.436 e. The van der Waals surface area contributed by atoms with E-state index >= 15 is 0 Å². The van der Waals surface area contributed by atoms with Gasteiger partial charge in [-0.2, -0.15) is 34.4 Å². The molecule has 2 radical (unpaired) electrons. The molecule has 150 valence electrons. The monoisotopic (exact) mass is 739 g/mol. The van der Waals surface area contributed by atoms with Crippen LogP contribution in [0.1, 0.15) is 47.9 Å². The van der Waals surface area contributed by atoms with Gasteiger partial charge in [0.15, 0.2) is 0 Å². The van der Waals surface area contributed by atoms with E-state index in [0.717, 1.165) is 36.8 Å². The third kappa shape index (κ3) is 3.84. The van der Waals surface area contributed by atoms with Gasteiger partial charge in [0, 0.05) is 66.1 Å². The smallest absolute Gasteiger partial charge is 0.304 e. The summed E-state index contributed by atoms with van der Waals surface area (Å²) in [4.78, 5) is 0. The second-order valence-electron chi connectivity index (χ2n) is 7.68.